The standard InChI is InChI=1S/C14H10BrN5O/c15-11-3-6-13(16-7-11)19-14(21)10-1-4-12(5-2-10)20-8-17-18-9-20/h1-9H,(H,16,19,21). The fourth-order valence-corrected chi connectivity index (χ4v) is 1.99. The fourth-order valence-electron chi connectivity index (χ4n) is 1.76. The molecule has 21 heavy (non-hydrogen) atoms. The number of carbonyl (C=O) groups excluding carboxylic acids is 1. The van der Waals surface area contributed by atoms with Gasteiger partial charge in [-0.05, 0) is 52.3 Å². The predicted molar refractivity (Wildman–Crippen MR) is 81.2 cm³/mol. The molecule has 0 atom stereocenters. The molecule has 2 aromatic heterocycles. The summed E-state index contributed by atoms with van der Waals surface area (Å²) in [6.45, 7) is 0. The number of aromatic nitrogens is 4. The summed E-state index contributed by atoms with van der Waals surface area (Å²) in [4.78, 5) is 16.2. The zero-order valence-electron chi connectivity index (χ0n) is 10.8. The van der Waals surface area contributed by atoms with Gasteiger partial charge in [-0.2, -0.15) is 0 Å². The van der Waals surface area contributed by atoms with Gasteiger partial charge in [0.2, 0.25) is 0 Å². The lowest BCUT2D eigenvalue weighted by molar-refractivity contribution is 0.102. The van der Waals surface area contributed by atoms with Gasteiger partial charge in [0.15, 0.2) is 0 Å². The van der Waals surface area contributed by atoms with Gasteiger partial charge in [-0.3, -0.25) is 9.36 Å². The van der Waals surface area contributed by atoms with Crippen LogP contribution in [0, 0.1) is 0 Å². The highest BCUT2D eigenvalue weighted by Gasteiger charge is 2.07. The molecule has 3 aromatic rings. The average Bonchev–Trinajstić information content (AvgIpc) is 3.04. The maximum absolute atomic E-state index is 12.1. The van der Waals surface area contributed by atoms with Crippen LogP contribution in [0.1, 0.15) is 10.4 Å². The van der Waals surface area contributed by atoms with E-state index in [1.165, 1.54) is 0 Å². The quantitative estimate of drug-likeness (QED) is 0.793. The van der Waals surface area contributed by atoms with Crippen LogP contribution in [-0.4, -0.2) is 25.7 Å². The first-order valence-corrected chi connectivity index (χ1v) is 6.90. The van der Waals surface area contributed by atoms with Crippen molar-refractivity contribution in [3.8, 4) is 5.69 Å². The molecule has 3 rings (SSSR count). The van der Waals surface area contributed by atoms with Crippen LogP contribution in [0.3, 0.4) is 0 Å². The first-order valence-electron chi connectivity index (χ1n) is 6.10. The number of carbonyl (C=O) groups is 1. The minimum absolute atomic E-state index is 0.208. The van der Waals surface area contributed by atoms with Crippen LogP contribution in [0.4, 0.5) is 5.82 Å². The first kappa shape index (κ1) is 13.4. The van der Waals surface area contributed by atoms with E-state index in [0.717, 1.165) is 10.2 Å². The molecule has 0 aliphatic heterocycles. The number of pyridine rings is 1. The molecule has 1 aromatic carbocycles. The molecule has 0 bridgehead atoms. The molecule has 2 heterocycles. The largest absolute Gasteiger partial charge is 0.307 e. The maximum Gasteiger partial charge on any atom is 0.256 e. The highest BCUT2D eigenvalue weighted by Crippen LogP contribution is 2.13. The van der Waals surface area contributed by atoms with Crippen molar-refractivity contribution in [2.24, 2.45) is 0 Å². The Morgan fingerprint density at radius 3 is 2.38 bits per heavy atom. The Balaban J connectivity index is 1.74. The lowest BCUT2D eigenvalue weighted by atomic mass is 10.2. The summed E-state index contributed by atoms with van der Waals surface area (Å²) in [5.74, 6) is 0.297. The number of rotatable bonds is 3. The third kappa shape index (κ3) is 3.14. The first-order chi connectivity index (χ1) is 10.2. The number of amides is 1. The molecular formula is C14H10BrN5O. The van der Waals surface area contributed by atoms with Crippen LogP contribution >= 0.6 is 15.9 Å². The van der Waals surface area contributed by atoms with Crippen molar-refractivity contribution in [1.82, 2.24) is 19.7 Å². The number of hydrogen-bond acceptors (Lipinski definition) is 4. The summed E-state index contributed by atoms with van der Waals surface area (Å²) in [6, 6.07) is 10.7. The van der Waals surface area contributed by atoms with Crippen molar-refractivity contribution in [3.63, 3.8) is 0 Å². The van der Waals surface area contributed by atoms with Crippen LogP contribution in [0.5, 0.6) is 0 Å². The summed E-state index contributed by atoms with van der Waals surface area (Å²) in [5.41, 5.74) is 1.44. The third-order valence-electron chi connectivity index (χ3n) is 2.82. The molecule has 0 saturated carbocycles. The van der Waals surface area contributed by atoms with E-state index in [1.54, 1.807) is 41.6 Å². The van der Waals surface area contributed by atoms with Gasteiger partial charge in [0.25, 0.3) is 5.91 Å². The zero-order valence-corrected chi connectivity index (χ0v) is 12.4. The Labute approximate surface area is 129 Å². The van der Waals surface area contributed by atoms with Crippen molar-refractivity contribution < 1.29 is 4.79 Å². The van der Waals surface area contributed by atoms with E-state index in [0.29, 0.717) is 11.4 Å². The molecule has 0 aliphatic carbocycles. The van der Waals surface area contributed by atoms with Crippen LogP contribution < -0.4 is 5.32 Å². The zero-order chi connectivity index (χ0) is 14.7. The lowest BCUT2D eigenvalue weighted by Gasteiger charge is -2.06. The SMILES string of the molecule is O=C(Nc1ccc(Br)cn1)c1ccc(-n2cnnc2)cc1. The van der Waals surface area contributed by atoms with Gasteiger partial charge >= 0.3 is 0 Å². The summed E-state index contributed by atoms with van der Waals surface area (Å²) >= 11 is 3.30. The molecule has 0 spiro atoms. The number of halogens is 1. The monoisotopic (exact) mass is 343 g/mol. The molecule has 104 valence electrons. The summed E-state index contributed by atoms with van der Waals surface area (Å²) in [5, 5.41) is 10.2. The molecule has 0 aliphatic rings. The number of anilines is 1. The molecule has 1 amide bonds. The minimum atomic E-state index is -0.208. The van der Waals surface area contributed by atoms with E-state index in [2.05, 4.69) is 36.4 Å². The second kappa shape index (κ2) is 5.84. The summed E-state index contributed by atoms with van der Waals surface area (Å²) in [7, 11) is 0. The Kier molecular flexibility index (Phi) is 3.74. The normalized spacial score (nSPS) is 10.3. The minimum Gasteiger partial charge on any atom is -0.307 e. The van der Waals surface area contributed by atoms with E-state index >= 15 is 0 Å². The Bertz CT molecular complexity index is 738. The fraction of sp³-hybridized carbons (Fsp3) is 0. The summed E-state index contributed by atoms with van der Waals surface area (Å²) < 4.78 is 2.62. The maximum atomic E-state index is 12.1. The van der Waals surface area contributed by atoms with Gasteiger partial charge in [-0.15, -0.1) is 10.2 Å². The number of hydrogen-bond donors (Lipinski definition) is 1. The average molecular weight is 344 g/mol. The lowest BCUT2D eigenvalue weighted by Crippen LogP contribution is -2.12. The second-order valence-corrected chi connectivity index (χ2v) is 5.15. The van der Waals surface area contributed by atoms with E-state index < -0.39 is 0 Å². The molecule has 1 N–H and O–H groups in total. The summed E-state index contributed by atoms with van der Waals surface area (Å²) in [6.07, 6.45) is 4.83. The van der Waals surface area contributed by atoms with Crippen molar-refractivity contribution in [1.29, 1.82) is 0 Å². The van der Waals surface area contributed by atoms with Crippen LogP contribution in [-0.2, 0) is 0 Å². The van der Waals surface area contributed by atoms with Gasteiger partial charge in [0.05, 0.1) is 0 Å². The van der Waals surface area contributed by atoms with E-state index in [1.807, 2.05) is 18.2 Å². The smallest absolute Gasteiger partial charge is 0.256 e. The van der Waals surface area contributed by atoms with Gasteiger partial charge in [-0.25, -0.2) is 4.98 Å². The van der Waals surface area contributed by atoms with Gasteiger partial charge in [-0.1, -0.05) is 0 Å². The molecule has 0 fully saturated rings. The predicted octanol–water partition coefficient (Wildman–Crippen LogP) is 2.68. The van der Waals surface area contributed by atoms with Crippen LogP contribution in [0.15, 0.2) is 59.7 Å². The Hall–Kier alpha value is -2.54. The second-order valence-electron chi connectivity index (χ2n) is 4.23. The van der Waals surface area contributed by atoms with E-state index in [9.17, 15) is 4.79 Å². The molecule has 0 unspecified atom stereocenters. The molecular weight excluding hydrogens is 334 g/mol. The van der Waals surface area contributed by atoms with Crippen molar-refractivity contribution >= 4 is 27.7 Å². The van der Waals surface area contributed by atoms with Crippen molar-refractivity contribution in [3.05, 3.63) is 65.3 Å². The van der Waals surface area contributed by atoms with Crippen LogP contribution in [0.25, 0.3) is 5.69 Å². The van der Waals surface area contributed by atoms with Crippen LogP contribution in [0.2, 0.25) is 0 Å². The number of nitrogens with one attached hydrogen (secondary N) is 1. The number of nitrogens with zero attached hydrogens (tertiary/aromatic N) is 4. The highest BCUT2D eigenvalue weighted by atomic mass is 79.9. The Morgan fingerprint density at radius 1 is 1.05 bits per heavy atom. The van der Waals surface area contributed by atoms with Gasteiger partial charge in [0.1, 0.15) is 18.5 Å². The molecule has 0 saturated heterocycles. The molecule has 7 heteroatoms. The Morgan fingerprint density at radius 2 is 1.76 bits per heavy atom. The van der Waals surface area contributed by atoms with Crippen molar-refractivity contribution in [2.75, 3.05) is 5.32 Å². The van der Waals surface area contributed by atoms with E-state index in [-0.39, 0.29) is 5.91 Å². The number of benzene rings is 1. The molecule has 6 nitrogen and oxygen atoms in total. The van der Waals surface area contributed by atoms with Crippen molar-refractivity contribution in [2.45, 2.75) is 0 Å². The molecule has 0 radical (unpaired) electrons. The third-order valence-corrected chi connectivity index (χ3v) is 3.28. The van der Waals surface area contributed by atoms with E-state index in [4.69, 9.17) is 0 Å². The van der Waals surface area contributed by atoms with Gasteiger partial charge in [0, 0.05) is 21.9 Å². The van der Waals surface area contributed by atoms with Gasteiger partial charge < -0.3 is 5.32 Å². The highest BCUT2D eigenvalue weighted by molar-refractivity contribution is 9.10. The topological polar surface area (TPSA) is 72.7 Å².